The smallest absolute Gasteiger partial charge is 0.191 e. The molecule has 0 atom stereocenters. The van der Waals surface area contributed by atoms with Crippen LogP contribution in [0.1, 0.15) is 29.7 Å². The molecule has 2 N–H and O–H groups in total. The van der Waals surface area contributed by atoms with E-state index >= 15 is 0 Å². The van der Waals surface area contributed by atoms with Gasteiger partial charge in [0.05, 0.1) is 26.8 Å². The predicted octanol–water partition coefficient (Wildman–Crippen LogP) is 3.63. The average molecular weight is 564 g/mol. The van der Waals surface area contributed by atoms with Crippen molar-refractivity contribution < 1.29 is 9.47 Å². The Balaban J connectivity index is 0.00000385. The predicted molar refractivity (Wildman–Crippen MR) is 141 cm³/mol. The Bertz CT molecular complexity index is 1020. The van der Waals surface area contributed by atoms with Crippen LogP contribution in [0.25, 0.3) is 0 Å². The van der Waals surface area contributed by atoms with Crippen LogP contribution in [0.2, 0.25) is 0 Å². The summed E-state index contributed by atoms with van der Waals surface area (Å²) in [4.78, 5) is 4.78. The zero-order chi connectivity index (χ0) is 22.8. The number of nitrogens with one attached hydrogen (secondary N) is 2. The number of halogens is 1. The Morgan fingerprint density at radius 3 is 2.48 bits per heavy atom. The lowest BCUT2D eigenvalue weighted by Crippen LogP contribution is -2.38. The summed E-state index contributed by atoms with van der Waals surface area (Å²) in [7, 11) is 3.63. The molecular weight excluding hydrogens is 531 g/mol. The van der Waals surface area contributed by atoms with Crippen molar-refractivity contribution in [3.05, 3.63) is 71.3 Å². The van der Waals surface area contributed by atoms with Gasteiger partial charge in [-0.3, -0.25) is 0 Å². The molecule has 0 aliphatic rings. The molecule has 178 valence electrons. The molecular formula is C24H33IN6O2. The molecule has 0 unspecified atom stereocenters. The number of rotatable bonds is 10. The van der Waals surface area contributed by atoms with Crippen molar-refractivity contribution in [2.75, 3.05) is 20.3 Å². The van der Waals surface area contributed by atoms with Crippen LogP contribution >= 0.6 is 24.0 Å². The Hall–Kier alpha value is -2.82. The number of hydrogen-bond acceptors (Lipinski definition) is 5. The van der Waals surface area contributed by atoms with E-state index in [1.54, 1.807) is 7.11 Å². The summed E-state index contributed by atoms with van der Waals surface area (Å²) in [6.07, 6.45) is 0.864. The van der Waals surface area contributed by atoms with Crippen molar-refractivity contribution in [2.45, 2.75) is 33.4 Å². The molecule has 0 saturated carbocycles. The largest absolute Gasteiger partial charge is 0.497 e. The number of ether oxygens (including phenoxy) is 2. The van der Waals surface area contributed by atoms with Gasteiger partial charge in [0.25, 0.3) is 0 Å². The Morgan fingerprint density at radius 2 is 1.82 bits per heavy atom. The Kier molecular flexibility index (Phi) is 10.9. The second-order valence-corrected chi connectivity index (χ2v) is 7.31. The normalized spacial score (nSPS) is 11.0. The lowest BCUT2D eigenvalue weighted by Gasteiger charge is -2.14. The van der Waals surface area contributed by atoms with Crippen LogP contribution in [0.15, 0.2) is 53.5 Å². The van der Waals surface area contributed by atoms with Gasteiger partial charge < -0.3 is 24.7 Å². The third-order valence-corrected chi connectivity index (χ3v) is 5.14. The van der Waals surface area contributed by atoms with Crippen molar-refractivity contribution in [1.29, 1.82) is 0 Å². The van der Waals surface area contributed by atoms with Crippen molar-refractivity contribution >= 4 is 29.9 Å². The van der Waals surface area contributed by atoms with Gasteiger partial charge in [0.15, 0.2) is 11.8 Å². The third-order valence-electron chi connectivity index (χ3n) is 5.14. The maximum Gasteiger partial charge on any atom is 0.191 e. The van der Waals surface area contributed by atoms with E-state index in [0.29, 0.717) is 25.7 Å². The average Bonchev–Trinajstić information content (AvgIpc) is 3.14. The Morgan fingerprint density at radius 1 is 1.06 bits per heavy atom. The van der Waals surface area contributed by atoms with Crippen LogP contribution in [0.5, 0.6) is 11.5 Å². The molecule has 33 heavy (non-hydrogen) atoms. The first-order chi connectivity index (χ1) is 15.6. The molecule has 1 aromatic heterocycles. The molecule has 0 aliphatic carbocycles. The third kappa shape index (κ3) is 7.92. The standard InChI is InChI=1S/C24H32N6O2.HI/c1-5-32-22-9-7-6-8-20(22)16-26-24(27-17-23-29-28-18(2)30(23)3)25-15-14-19-10-12-21(31-4)13-11-19;/h6-13H,5,14-17H2,1-4H3,(H2,25,26,27);1H. The Labute approximate surface area is 212 Å². The molecule has 0 radical (unpaired) electrons. The van der Waals surface area contributed by atoms with Gasteiger partial charge in [-0.1, -0.05) is 30.3 Å². The monoisotopic (exact) mass is 564 g/mol. The molecule has 3 rings (SSSR count). The van der Waals surface area contributed by atoms with Crippen LogP contribution < -0.4 is 20.1 Å². The molecule has 0 spiro atoms. The number of guanidine groups is 1. The molecule has 0 fully saturated rings. The van der Waals surface area contributed by atoms with Crippen LogP contribution in [0.4, 0.5) is 0 Å². The van der Waals surface area contributed by atoms with E-state index in [0.717, 1.165) is 41.7 Å². The number of aromatic nitrogens is 3. The summed E-state index contributed by atoms with van der Waals surface area (Å²) in [6.45, 7) is 6.31. The number of benzene rings is 2. The van der Waals surface area contributed by atoms with Crippen molar-refractivity contribution in [3.8, 4) is 11.5 Å². The van der Waals surface area contributed by atoms with E-state index in [-0.39, 0.29) is 24.0 Å². The van der Waals surface area contributed by atoms with Crippen molar-refractivity contribution in [3.63, 3.8) is 0 Å². The summed E-state index contributed by atoms with van der Waals surface area (Å²) >= 11 is 0. The van der Waals surface area contributed by atoms with Gasteiger partial charge in [-0.2, -0.15) is 0 Å². The van der Waals surface area contributed by atoms with E-state index < -0.39 is 0 Å². The number of para-hydroxylation sites is 1. The van der Waals surface area contributed by atoms with Crippen LogP contribution in [-0.4, -0.2) is 41.0 Å². The van der Waals surface area contributed by atoms with Gasteiger partial charge in [0.1, 0.15) is 17.3 Å². The number of nitrogens with zero attached hydrogens (tertiary/aromatic N) is 4. The number of aliphatic imine (C=N–C) groups is 1. The summed E-state index contributed by atoms with van der Waals surface area (Å²) < 4.78 is 12.9. The maximum absolute atomic E-state index is 5.73. The molecule has 0 aliphatic heterocycles. The fourth-order valence-corrected chi connectivity index (χ4v) is 3.15. The first kappa shape index (κ1) is 26.4. The zero-order valence-corrected chi connectivity index (χ0v) is 22.0. The molecule has 1 heterocycles. The summed E-state index contributed by atoms with van der Waals surface area (Å²) in [5.41, 5.74) is 2.27. The minimum Gasteiger partial charge on any atom is -0.497 e. The van der Waals surface area contributed by atoms with Gasteiger partial charge in [-0.05, 0) is 44.0 Å². The summed E-state index contributed by atoms with van der Waals surface area (Å²) in [5, 5.41) is 15.1. The number of methoxy groups -OCH3 is 1. The lowest BCUT2D eigenvalue weighted by atomic mass is 10.1. The molecule has 8 nitrogen and oxygen atoms in total. The fourth-order valence-electron chi connectivity index (χ4n) is 3.15. The molecule has 0 saturated heterocycles. The van der Waals surface area contributed by atoms with Gasteiger partial charge in [-0.15, -0.1) is 34.2 Å². The first-order valence-electron chi connectivity index (χ1n) is 10.8. The van der Waals surface area contributed by atoms with Crippen molar-refractivity contribution in [2.24, 2.45) is 12.0 Å². The first-order valence-corrected chi connectivity index (χ1v) is 10.8. The molecule has 0 amide bonds. The topological polar surface area (TPSA) is 85.6 Å². The number of aryl methyl sites for hydroxylation is 1. The highest BCUT2D eigenvalue weighted by Crippen LogP contribution is 2.18. The highest BCUT2D eigenvalue weighted by atomic mass is 127. The lowest BCUT2D eigenvalue weighted by molar-refractivity contribution is 0.336. The quantitative estimate of drug-likeness (QED) is 0.222. The summed E-state index contributed by atoms with van der Waals surface area (Å²) in [6, 6.07) is 16.1. The second kappa shape index (κ2) is 13.7. The zero-order valence-electron chi connectivity index (χ0n) is 19.7. The van der Waals surface area contributed by atoms with Gasteiger partial charge >= 0.3 is 0 Å². The van der Waals surface area contributed by atoms with E-state index in [9.17, 15) is 0 Å². The maximum atomic E-state index is 5.73. The molecule has 9 heteroatoms. The van der Waals surface area contributed by atoms with E-state index in [1.165, 1.54) is 5.56 Å². The molecule has 2 aromatic carbocycles. The van der Waals surface area contributed by atoms with Crippen LogP contribution in [-0.2, 0) is 26.6 Å². The summed E-state index contributed by atoms with van der Waals surface area (Å²) in [5.74, 6) is 4.16. The van der Waals surface area contributed by atoms with Gasteiger partial charge in [-0.25, -0.2) is 4.99 Å². The second-order valence-electron chi connectivity index (χ2n) is 7.31. The van der Waals surface area contributed by atoms with Crippen LogP contribution in [0, 0.1) is 6.92 Å². The van der Waals surface area contributed by atoms with E-state index in [2.05, 4.69) is 33.0 Å². The van der Waals surface area contributed by atoms with E-state index in [1.807, 2.05) is 61.9 Å². The highest BCUT2D eigenvalue weighted by molar-refractivity contribution is 14.0. The minimum absolute atomic E-state index is 0. The highest BCUT2D eigenvalue weighted by Gasteiger charge is 2.08. The van der Waals surface area contributed by atoms with Crippen LogP contribution in [0.3, 0.4) is 0 Å². The minimum atomic E-state index is 0. The van der Waals surface area contributed by atoms with Crippen molar-refractivity contribution in [1.82, 2.24) is 25.4 Å². The molecule has 3 aromatic rings. The molecule has 0 bridgehead atoms. The van der Waals surface area contributed by atoms with Gasteiger partial charge in [0.2, 0.25) is 0 Å². The number of hydrogen-bond donors (Lipinski definition) is 2. The SMILES string of the molecule is CCOc1ccccc1CN=C(NCCc1ccc(OC)cc1)NCc1nnc(C)n1C.I. The van der Waals surface area contributed by atoms with E-state index in [4.69, 9.17) is 14.5 Å². The fraction of sp³-hybridized carbons (Fsp3) is 0.375. The van der Waals surface area contributed by atoms with Gasteiger partial charge in [0, 0.05) is 19.2 Å².